The summed E-state index contributed by atoms with van der Waals surface area (Å²) in [5, 5.41) is 2.59. The molecule has 0 N–H and O–H groups in total. The standard InChI is InChI=1S/C18H18O2Si2/c21-20-22(17-9-5-2-6-10-17)18-13-11-16(12-14-18)19-15-7-3-1-4-8-15/h1-14,22H,21H3. The lowest BCUT2D eigenvalue weighted by Gasteiger charge is -2.15. The third kappa shape index (κ3) is 3.54. The summed E-state index contributed by atoms with van der Waals surface area (Å²) in [5.74, 6) is 1.70. The van der Waals surface area contributed by atoms with Crippen LogP contribution in [0.4, 0.5) is 0 Å². The first-order valence-corrected chi connectivity index (χ1v) is 9.71. The number of benzene rings is 3. The van der Waals surface area contributed by atoms with Crippen molar-refractivity contribution in [1.82, 2.24) is 0 Å². The van der Waals surface area contributed by atoms with Crippen LogP contribution >= 0.6 is 0 Å². The molecule has 0 aromatic heterocycles. The van der Waals surface area contributed by atoms with Gasteiger partial charge in [0.25, 0.3) is 0 Å². The smallest absolute Gasteiger partial charge is 0.227 e. The Morgan fingerprint density at radius 2 is 1.09 bits per heavy atom. The fourth-order valence-corrected chi connectivity index (χ4v) is 6.10. The van der Waals surface area contributed by atoms with Gasteiger partial charge in [-0.3, -0.25) is 0 Å². The quantitative estimate of drug-likeness (QED) is 0.665. The molecule has 0 saturated heterocycles. The molecule has 3 rings (SSSR count). The normalized spacial score (nSPS) is 12.0. The fraction of sp³-hybridized carbons (Fsp3) is 0. The van der Waals surface area contributed by atoms with Crippen molar-refractivity contribution in [3.8, 4) is 11.5 Å². The van der Waals surface area contributed by atoms with Gasteiger partial charge in [0, 0.05) is 0 Å². The van der Waals surface area contributed by atoms with Crippen LogP contribution in [0.25, 0.3) is 0 Å². The van der Waals surface area contributed by atoms with E-state index in [0.717, 1.165) is 22.0 Å². The molecular weight excluding hydrogens is 304 g/mol. The van der Waals surface area contributed by atoms with E-state index >= 15 is 0 Å². The highest BCUT2D eigenvalue weighted by atomic mass is 28.3. The second-order valence-electron chi connectivity index (χ2n) is 5.01. The summed E-state index contributed by atoms with van der Waals surface area (Å²) in [4.78, 5) is 0. The van der Waals surface area contributed by atoms with Crippen LogP contribution in [0.1, 0.15) is 0 Å². The van der Waals surface area contributed by atoms with Crippen molar-refractivity contribution in [2.24, 2.45) is 0 Å². The van der Waals surface area contributed by atoms with Gasteiger partial charge in [0.15, 0.2) is 0 Å². The molecule has 0 amide bonds. The lowest BCUT2D eigenvalue weighted by atomic mass is 10.3. The largest absolute Gasteiger partial charge is 0.459 e. The summed E-state index contributed by atoms with van der Waals surface area (Å²) in [6, 6.07) is 28.6. The highest BCUT2D eigenvalue weighted by Gasteiger charge is 2.15. The summed E-state index contributed by atoms with van der Waals surface area (Å²) in [5.41, 5.74) is 0. The minimum absolute atomic E-state index is 0.751. The summed E-state index contributed by atoms with van der Waals surface area (Å²) in [6.45, 7) is 0. The number of rotatable bonds is 5. The Labute approximate surface area is 135 Å². The van der Waals surface area contributed by atoms with Crippen molar-refractivity contribution in [3.63, 3.8) is 0 Å². The zero-order valence-corrected chi connectivity index (χ0v) is 15.6. The summed E-state index contributed by atoms with van der Waals surface area (Å²) < 4.78 is 11.8. The van der Waals surface area contributed by atoms with Gasteiger partial charge < -0.3 is 8.85 Å². The van der Waals surface area contributed by atoms with Crippen LogP contribution in [0.15, 0.2) is 84.9 Å². The van der Waals surface area contributed by atoms with Gasteiger partial charge in [0.1, 0.15) is 22.0 Å². The molecule has 110 valence electrons. The maximum absolute atomic E-state index is 5.92. The molecule has 0 aliphatic rings. The first kappa shape index (κ1) is 14.8. The Bertz CT molecular complexity index is 700. The Morgan fingerprint density at radius 1 is 0.591 bits per heavy atom. The fourth-order valence-electron chi connectivity index (χ4n) is 2.43. The number of hydrogen-bond donors (Lipinski definition) is 0. The van der Waals surface area contributed by atoms with Crippen LogP contribution in [0.5, 0.6) is 11.5 Å². The average molecular weight is 323 g/mol. The van der Waals surface area contributed by atoms with E-state index in [4.69, 9.17) is 8.85 Å². The van der Waals surface area contributed by atoms with Gasteiger partial charge >= 0.3 is 0 Å². The maximum atomic E-state index is 5.92. The Morgan fingerprint density at radius 3 is 1.68 bits per heavy atom. The first-order valence-electron chi connectivity index (χ1n) is 7.27. The van der Waals surface area contributed by atoms with E-state index in [2.05, 4.69) is 36.4 Å². The SMILES string of the molecule is [SiH3]O[SiH](c1ccccc1)c1ccc(Oc2ccccc2)cc1. The number of ether oxygens (including phenoxy) is 1. The molecule has 0 fully saturated rings. The summed E-state index contributed by atoms with van der Waals surface area (Å²) in [7, 11) is -0.778. The molecule has 0 spiro atoms. The lowest BCUT2D eigenvalue weighted by Crippen LogP contribution is -2.44. The lowest BCUT2D eigenvalue weighted by molar-refractivity contribution is 0.483. The van der Waals surface area contributed by atoms with Gasteiger partial charge in [-0.2, -0.15) is 0 Å². The molecule has 1 unspecified atom stereocenters. The van der Waals surface area contributed by atoms with Gasteiger partial charge in [-0.15, -0.1) is 0 Å². The molecule has 0 aliphatic heterocycles. The Kier molecular flexibility index (Phi) is 4.85. The highest BCUT2D eigenvalue weighted by molar-refractivity contribution is 6.81. The van der Waals surface area contributed by atoms with Crippen molar-refractivity contribution in [3.05, 3.63) is 84.9 Å². The maximum Gasteiger partial charge on any atom is 0.227 e. The van der Waals surface area contributed by atoms with Crippen LogP contribution in [0, 0.1) is 0 Å². The van der Waals surface area contributed by atoms with Crippen LogP contribution in [-0.2, 0) is 4.12 Å². The predicted octanol–water partition coefficient (Wildman–Crippen LogP) is 1.61. The molecule has 0 radical (unpaired) electrons. The highest BCUT2D eigenvalue weighted by Crippen LogP contribution is 2.19. The van der Waals surface area contributed by atoms with E-state index in [1.54, 1.807) is 0 Å². The van der Waals surface area contributed by atoms with Gasteiger partial charge in [0.05, 0.1) is 0 Å². The molecule has 0 saturated carbocycles. The van der Waals surface area contributed by atoms with Crippen LogP contribution in [0.2, 0.25) is 0 Å². The summed E-state index contributed by atoms with van der Waals surface area (Å²) >= 11 is 0. The molecular formula is C18H18O2Si2. The van der Waals surface area contributed by atoms with Crippen molar-refractivity contribution < 1.29 is 8.85 Å². The van der Waals surface area contributed by atoms with Crippen molar-refractivity contribution in [2.45, 2.75) is 0 Å². The van der Waals surface area contributed by atoms with Gasteiger partial charge in [-0.1, -0.05) is 60.7 Å². The van der Waals surface area contributed by atoms with Crippen LogP contribution in [-0.4, -0.2) is 19.5 Å². The van der Waals surface area contributed by atoms with Gasteiger partial charge in [-0.25, -0.2) is 0 Å². The summed E-state index contributed by atoms with van der Waals surface area (Å²) in [6.07, 6.45) is 0. The molecule has 0 bridgehead atoms. The van der Waals surface area contributed by atoms with E-state index in [1.165, 1.54) is 10.4 Å². The number of hydrogen-bond acceptors (Lipinski definition) is 2. The van der Waals surface area contributed by atoms with E-state index in [9.17, 15) is 0 Å². The molecule has 22 heavy (non-hydrogen) atoms. The second-order valence-corrected chi connectivity index (χ2v) is 8.99. The van der Waals surface area contributed by atoms with E-state index in [1.807, 2.05) is 48.5 Å². The predicted molar refractivity (Wildman–Crippen MR) is 96.8 cm³/mol. The van der Waals surface area contributed by atoms with Gasteiger partial charge in [-0.05, 0) is 34.6 Å². The molecule has 3 aromatic carbocycles. The minimum Gasteiger partial charge on any atom is -0.459 e. The Balaban J connectivity index is 1.78. The van der Waals surface area contributed by atoms with Crippen LogP contribution < -0.4 is 15.1 Å². The minimum atomic E-state index is -1.53. The molecule has 1 atom stereocenters. The van der Waals surface area contributed by atoms with Crippen molar-refractivity contribution in [2.75, 3.05) is 0 Å². The number of para-hydroxylation sites is 1. The molecule has 4 heteroatoms. The van der Waals surface area contributed by atoms with E-state index in [-0.39, 0.29) is 0 Å². The second kappa shape index (κ2) is 7.22. The average Bonchev–Trinajstić information content (AvgIpc) is 2.59. The third-order valence-electron chi connectivity index (χ3n) is 3.50. The zero-order chi connectivity index (χ0) is 15.2. The zero-order valence-electron chi connectivity index (χ0n) is 12.5. The first-order chi connectivity index (χ1) is 10.9. The Hall–Kier alpha value is -2.15. The van der Waals surface area contributed by atoms with Gasteiger partial charge in [0.2, 0.25) is 9.04 Å². The third-order valence-corrected chi connectivity index (χ3v) is 7.37. The van der Waals surface area contributed by atoms with Crippen LogP contribution in [0.3, 0.4) is 0 Å². The van der Waals surface area contributed by atoms with Crippen molar-refractivity contribution >= 4 is 29.9 Å². The van der Waals surface area contributed by atoms with E-state index in [0.29, 0.717) is 0 Å². The monoisotopic (exact) mass is 322 g/mol. The molecule has 0 heterocycles. The molecule has 0 aliphatic carbocycles. The van der Waals surface area contributed by atoms with E-state index < -0.39 is 9.04 Å². The molecule has 3 aromatic rings. The molecule has 2 nitrogen and oxygen atoms in total. The topological polar surface area (TPSA) is 18.5 Å². The van der Waals surface area contributed by atoms with Crippen molar-refractivity contribution in [1.29, 1.82) is 0 Å².